The van der Waals surface area contributed by atoms with Gasteiger partial charge in [-0.1, -0.05) is 15.9 Å². The second-order valence-electron chi connectivity index (χ2n) is 4.84. The lowest BCUT2D eigenvalue weighted by atomic mass is 10.2. The third kappa shape index (κ3) is 4.08. The average Bonchev–Trinajstić information content (AvgIpc) is 2.50. The highest BCUT2D eigenvalue weighted by Gasteiger charge is 2.05. The van der Waals surface area contributed by atoms with Gasteiger partial charge in [0.2, 0.25) is 0 Å². The van der Waals surface area contributed by atoms with Gasteiger partial charge in [-0.2, -0.15) is 5.10 Å². The van der Waals surface area contributed by atoms with Gasteiger partial charge < -0.3 is 10.0 Å². The molecule has 0 aromatic heterocycles. The third-order valence-corrected chi connectivity index (χ3v) is 3.50. The predicted molar refractivity (Wildman–Crippen MR) is 91.6 cm³/mol. The summed E-state index contributed by atoms with van der Waals surface area (Å²) in [5, 5.41) is 13.5. The Hall–Kier alpha value is -2.34. The van der Waals surface area contributed by atoms with E-state index in [0.717, 1.165) is 10.2 Å². The van der Waals surface area contributed by atoms with Gasteiger partial charge in [-0.15, -0.1) is 0 Å². The highest BCUT2D eigenvalue weighted by molar-refractivity contribution is 9.10. The number of phenolic OH excluding ortho intramolecular Hbond substituents is 1. The quantitative estimate of drug-likeness (QED) is 0.649. The van der Waals surface area contributed by atoms with E-state index in [1.54, 1.807) is 30.3 Å². The molecule has 6 heteroatoms. The fraction of sp³-hybridized carbons (Fsp3) is 0.125. The number of halogens is 1. The summed E-state index contributed by atoms with van der Waals surface area (Å²) < 4.78 is 0.817. The number of carbonyl (C=O) groups excluding carboxylic acids is 1. The van der Waals surface area contributed by atoms with Crippen molar-refractivity contribution in [1.29, 1.82) is 0 Å². The van der Waals surface area contributed by atoms with E-state index < -0.39 is 0 Å². The number of amides is 1. The molecule has 0 aliphatic heterocycles. The van der Waals surface area contributed by atoms with Crippen LogP contribution in [0.2, 0.25) is 0 Å². The number of aromatic hydroxyl groups is 1. The van der Waals surface area contributed by atoms with Crippen molar-refractivity contribution in [2.45, 2.75) is 0 Å². The number of anilines is 1. The molecule has 0 spiro atoms. The number of carbonyl (C=O) groups is 1. The molecule has 2 rings (SSSR count). The van der Waals surface area contributed by atoms with Gasteiger partial charge in [0.05, 0.1) is 6.21 Å². The van der Waals surface area contributed by atoms with E-state index in [2.05, 4.69) is 26.5 Å². The monoisotopic (exact) mass is 361 g/mol. The zero-order chi connectivity index (χ0) is 16.1. The normalized spacial score (nSPS) is 10.7. The first-order valence-corrected chi connectivity index (χ1v) is 7.36. The molecule has 114 valence electrons. The van der Waals surface area contributed by atoms with Crippen LogP contribution in [0.15, 0.2) is 52.0 Å². The number of benzene rings is 2. The summed E-state index contributed by atoms with van der Waals surface area (Å²) in [4.78, 5) is 13.9. The first kappa shape index (κ1) is 16.0. The van der Waals surface area contributed by atoms with Crippen molar-refractivity contribution in [2.24, 2.45) is 5.10 Å². The zero-order valence-electron chi connectivity index (χ0n) is 12.2. The molecule has 1 amide bonds. The van der Waals surface area contributed by atoms with Crippen LogP contribution in [0.4, 0.5) is 5.69 Å². The molecule has 0 atom stereocenters. The van der Waals surface area contributed by atoms with Crippen LogP contribution in [0.1, 0.15) is 15.9 Å². The van der Waals surface area contributed by atoms with Gasteiger partial charge in [0, 0.05) is 35.4 Å². The maximum Gasteiger partial charge on any atom is 0.271 e. The second-order valence-corrected chi connectivity index (χ2v) is 5.76. The van der Waals surface area contributed by atoms with Crippen LogP contribution in [0.3, 0.4) is 0 Å². The van der Waals surface area contributed by atoms with Crippen molar-refractivity contribution in [2.75, 3.05) is 19.0 Å². The Kier molecular flexibility index (Phi) is 5.16. The molecule has 0 aliphatic rings. The molecule has 5 nitrogen and oxygen atoms in total. The maximum atomic E-state index is 12.0. The summed E-state index contributed by atoms with van der Waals surface area (Å²) in [6.07, 6.45) is 1.40. The van der Waals surface area contributed by atoms with Gasteiger partial charge in [0.1, 0.15) is 5.75 Å². The Labute approximate surface area is 137 Å². The lowest BCUT2D eigenvalue weighted by Crippen LogP contribution is -2.18. The SMILES string of the molecule is CN(C)c1ccc(C(=O)NN=Cc2cc(Br)ccc2O)cc1. The Morgan fingerprint density at radius 1 is 1.23 bits per heavy atom. The molecule has 0 heterocycles. The van der Waals surface area contributed by atoms with Crippen molar-refractivity contribution >= 4 is 33.7 Å². The summed E-state index contributed by atoms with van der Waals surface area (Å²) in [6, 6.07) is 12.2. The average molecular weight is 362 g/mol. The highest BCUT2D eigenvalue weighted by Crippen LogP contribution is 2.20. The van der Waals surface area contributed by atoms with Gasteiger partial charge in [0.15, 0.2) is 0 Å². The molecule has 0 unspecified atom stereocenters. The molecule has 2 aromatic rings. The van der Waals surface area contributed by atoms with Crippen LogP contribution in [-0.2, 0) is 0 Å². The van der Waals surface area contributed by atoms with Gasteiger partial charge in [0.25, 0.3) is 5.91 Å². The third-order valence-electron chi connectivity index (χ3n) is 3.01. The molecule has 22 heavy (non-hydrogen) atoms. The number of nitrogens with one attached hydrogen (secondary N) is 1. The van der Waals surface area contributed by atoms with Crippen molar-refractivity contribution in [3.05, 3.63) is 58.1 Å². The van der Waals surface area contributed by atoms with Crippen LogP contribution in [0.25, 0.3) is 0 Å². The van der Waals surface area contributed by atoms with E-state index >= 15 is 0 Å². The molecule has 0 saturated heterocycles. The van der Waals surface area contributed by atoms with Crippen LogP contribution in [0.5, 0.6) is 5.75 Å². The number of phenols is 1. The van der Waals surface area contributed by atoms with Crippen LogP contribution in [0, 0.1) is 0 Å². The van der Waals surface area contributed by atoms with Crippen LogP contribution >= 0.6 is 15.9 Å². The first-order chi connectivity index (χ1) is 10.5. The summed E-state index contributed by atoms with van der Waals surface area (Å²) >= 11 is 3.31. The standard InChI is InChI=1S/C16H16BrN3O2/c1-20(2)14-6-3-11(4-7-14)16(22)19-18-10-12-9-13(17)5-8-15(12)21/h3-10,21H,1-2H3,(H,19,22). The Morgan fingerprint density at radius 3 is 2.55 bits per heavy atom. The Balaban J connectivity index is 2.03. The molecule has 0 fully saturated rings. The largest absolute Gasteiger partial charge is 0.507 e. The molecular weight excluding hydrogens is 346 g/mol. The molecule has 0 saturated carbocycles. The highest BCUT2D eigenvalue weighted by atomic mass is 79.9. The number of rotatable bonds is 4. The van der Waals surface area contributed by atoms with Gasteiger partial charge >= 0.3 is 0 Å². The second kappa shape index (κ2) is 7.09. The summed E-state index contributed by atoms with van der Waals surface area (Å²) in [5.41, 5.74) is 4.47. The minimum atomic E-state index is -0.309. The lowest BCUT2D eigenvalue weighted by Gasteiger charge is -2.12. The smallest absolute Gasteiger partial charge is 0.271 e. The van der Waals surface area contributed by atoms with Gasteiger partial charge in [-0.25, -0.2) is 5.43 Å². The van der Waals surface area contributed by atoms with E-state index in [4.69, 9.17) is 0 Å². The number of hydrazone groups is 1. The van der Waals surface area contributed by atoms with Gasteiger partial charge in [-0.3, -0.25) is 4.79 Å². The zero-order valence-corrected chi connectivity index (χ0v) is 13.8. The van der Waals surface area contributed by atoms with Crippen molar-refractivity contribution < 1.29 is 9.90 Å². The van der Waals surface area contributed by atoms with Crippen LogP contribution < -0.4 is 10.3 Å². The number of hydrogen-bond acceptors (Lipinski definition) is 4. The predicted octanol–water partition coefficient (Wildman–Crippen LogP) is 2.98. The van der Waals surface area contributed by atoms with E-state index in [1.807, 2.05) is 31.1 Å². The minimum absolute atomic E-state index is 0.0940. The lowest BCUT2D eigenvalue weighted by molar-refractivity contribution is 0.0955. The summed E-state index contributed by atoms with van der Waals surface area (Å²) in [5.74, 6) is -0.215. The van der Waals surface area contributed by atoms with E-state index in [-0.39, 0.29) is 11.7 Å². The number of hydrogen-bond donors (Lipinski definition) is 2. The van der Waals surface area contributed by atoms with E-state index in [1.165, 1.54) is 6.21 Å². The molecule has 0 radical (unpaired) electrons. The fourth-order valence-corrected chi connectivity index (χ4v) is 2.14. The maximum absolute atomic E-state index is 12.0. The Bertz CT molecular complexity index is 697. The molecule has 2 aromatic carbocycles. The van der Waals surface area contributed by atoms with Crippen molar-refractivity contribution in [3.8, 4) is 5.75 Å². The molecule has 0 bridgehead atoms. The molecule has 2 N–H and O–H groups in total. The first-order valence-electron chi connectivity index (χ1n) is 6.56. The number of nitrogens with zero attached hydrogens (tertiary/aromatic N) is 2. The van der Waals surface area contributed by atoms with E-state index in [9.17, 15) is 9.90 Å². The van der Waals surface area contributed by atoms with Crippen LogP contribution in [-0.4, -0.2) is 31.3 Å². The van der Waals surface area contributed by atoms with Gasteiger partial charge in [-0.05, 0) is 42.5 Å². The van der Waals surface area contributed by atoms with Crippen molar-refractivity contribution in [1.82, 2.24) is 5.43 Å². The van der Waals surface area contributed by atoms with Crippen molar-refractivity contribution in [3.63, 3.8) is 0 Å². The topological polar surface area (TPSA) is 64.9 Å². The molecule has 0 aliphatic carbocycles. The van der Waals surface area contributed by atoms with E-state index in [0.29, 0.717) is 11.1 Å². The molecular formula is C16H16BrN3O2. The summed E-state index contributed by atoms with van der Waals surface area (Å²) in [6.45, 7) is 0. The summed E-state index contributed by atoms with van der Waals surface area (Å²) in [7, 11) is 3.87. The minimum Gasteiger partial charge on any atom is -0.507 e. The Morgan fingerprint density at radius 2 is 1.91 bits per heavy atom. The fourth-order valence-electron chi connectivity index (χ4n) is 1.76.